The lowest BCUT2D eigenvalue weighted by Gasteiger charge is -2.23. The van der Waals surface area contributed by atoms with Crippen molar-refractivity contribution in [3.05, 3.63) is 64.9 Å². The first kappa shape index (κ1) is 21.4. The Balaban J connectivity index is 1.66. The maximum atomic E-state index is 13.3. The molecule has 1 aliphatic rings. The van der Waals surface area contributed by atoms with Crippen molar-refractivity contribution in [1.29, 1.82) is 0 Å². The Morgan fingerprint density at radius 2 is 2.00 bits per heavy atom. The highest BCUT2D eigenvalue weighted by Crippen LogP contribution is 2.31. The van der Waals surface area contributed by atoms with Gasteiger partial charge in [-0.15, -0.1) is 0 Å². The van der Waals surface area contributed by atoms with E-state index in [9.17, 15) is 14.4 Å². The van der Waals surface area contributed by atoms with Crippen LogP contribution in [0.3, 0.4) is 0 Å². The molecule has 0 saturated heterocycles. The van der Waals surface area contributed by atoms with E-state index >= 15 is 0 Å². The quantitative estimate of drug-likeness (QED) is 0.419. The van der Waals surface area contributed by atoms with Gasteiger partial charge in [0.1, 0.15) is 11.5 Å². The van der Waals surface area contributed by atoms with E-state index in [1.54, 1.807) is 25.4 Å². The highest BCUT2D eigenvalue weighted by molar-refractivity contribution is 6.00. The molecule has 0 unspecified atom stereocenters. The van der Waals surface area contributed by atoms with Crippen LogP contribution in [0.1, 0.15) is 33.6 Å². The molecule has 1 N–H and O–H groups in total. The number of halogens is 1. The molecule has 3 aromatic rings. The number of nitrogens with zero attached hydrogens (tertiary/aromatic N) is 3. The second-order valence-electron chi connectivity index (χ2n) is 7.64. The summed E-state index contributed by atoms with van der Waals surface area (Å²) < 4.78 is 26.0. The second-order valence-corrected chi connectivity index (χ2v) is 7.64. The lowest BCUT2D eigenvalue weighted by molar-refractivity contribution is -0.0606. The molecule has 3 heterocycles. The van der Waals surface area contributed by atoms with Crippen LogP contribution in [0.15, 0.2) is 36.7 Å². The van der Waals surface area contributed by atoms with Gasteiger partial charge in [-0.25, -0.2) is 14.4 Å². The highest BCUT2D eigenvalue weighted by atomic mass is 19.1. The van der Waals surface area contributed by atoms with E-state index < -0.39 is 5.91 Å². The molecule has 0 spiro atoms. The number of benzene rings is 1. The number of amides is 1. The van der Waals surface area contributed by atoms with E-state index in [1.165, 1.54) is 12.1 Å². The predicted molar refractivity (Wildman–Crippen MR) is 113 cm³/mol. The molecular formula is C23H26FN3O4. The number of methoxy groups -OCH3 is 1. The Bertz CT molecular complexity index is 1060. The summed E-state index contributed by atoms with van der Waals surface area (Å²) in [5.74, 6) is -0.735. The maximum Gasteiger partial charge on any atom is 0.296 e. The van der Waals surface area contributed by atoms with Crippen LogP contribution in [0.2, 0.25) is 0 Å². The predicted octanol–water partition coefficient (Wildman–Crippen LogP) is 3.21. The van der Waals surface area contributed by atoms with Gasteiger partial charge in [0.2, 0.25) is 0 Å². The minimum Gasteiger partial charge on any atom is -0.382 e. The topological polar surface area (TPSA) is 76.8 Å². The summed E-state index contributed by atoms with van der Waals surface area (Å²) in [6.07, 6.45) is 5.93. The van der Waals surface area contributed by atoms with Gasteiger partial charge in [-0.05, 0) is 48.1 Å². The van der Waals surface area contributed by atoms with Gasteiger partial charge < -0.3 is 14.0 Å². The molecule has 0 saturated carbocycles. The number of pyridine rings is 1. The van der Waals surface area contributed by atoms with Gasteiger partial charge in [-0.1, -0.05) is 12.1 Å². The van der Waals surface area contributed by atoms with E-state index in [-0.39, 0.29) is 12.4 Å². The zero-order valence-electron chi connectivity index (χ0n) is 17.5. The number of carbonyl (C=O) groups excluding carboxylic acids is 1. The summed E-state index contributed by atoms with van der Waals surface area (Å²) in [7, 11) is 1.64. The fraction of sp³-hybridized carbons (Fsp3) is 0.391. The normalized spacial score (nSPS) is 13.8. The van der Waals surface area contributed by atoms with Crippen molar-refractivity contribution in [1.82, 2.24) is 14.6 Å². The summed E-state index contributed by atoms with van der Waals surface area (Å²) in [6.45, 7) is 2.56. The third-order valence-corrected chi connectivity index (χ3v) is 5.55. The molecule has 4 rings (SSSR count). The number of aryl methyl sites for hydroxylation is 1. The number of rotatable bonds is 9. The molecule has 0 fully saturated rings. The van der Waals surface area contributed by atoms with Crippen LogP contribution in [0, 0.1) is 5.82 Å². The van der Waals surface area contributed by atoms with Crippen molar-refractivity contribution in [3.63, 3.8) is 0 Å². The summed E-state index contributed by atoms with van der Waals surface area (Å²) in [5, 5.41) is 11.6. The number of hydroxylamine groups is 2. The van der Waals surface area contributed by atoms with Crippen molar-refractivity contribution in [2.45, 2.75) is 25.8 Å². The van der Waals surface area contributed by atoms with E-state index in [0.717, 1.165) is 45.5 Å². The Hall–Kier alpha value is -2.81. The third kappa shape index (κ3) is 4.61. The number of carbonyl (C=O) groups is 1. The van der Waals surface area contributed by atoms with Crippen molar-refractivity contribution < 1.29 is 23.9 Å². The van der Waals surface area contributed by atoms with Gasteiger partial charge in [0.05, 0.1) is 31.5 Å². The fourth-order valence-corrected chi connectivity index (χ4v) is 4.02. The monoisotopic (exact) mass is 427 g/mol. The van der Waals surface area contributed by atoms with E-state index in [1.807, 2.05) is 0 Å². The van der Waals surface area contributed by atoms with Crippen LogP contribution in [0.5, 0.6) is 0 Å². The van der Waals surface area contributed by atoms with Gasteiger partial charge in [0.25, 0.3) is 5.91 Å². The van der Waals surface area contributed by atoms with Crippen LogP contribution >= 0.6 is 0 Å². The smallest absolute Gasteiger partial charge is 0.296 e. The molecule has 1 amide bonds. The van der Waals surface area contributed by atoms with Crippen LogP contribution in [0.4, 0.5) is 4.39 Å². The van der Waals surface area contributed by atoms with Crippen molar-refractivity contribution >= 4 is 16.8 Å². The van der Waals surface area contributed by atoms with E-state index in [2.05, 4.69) is 15.7 Å². The minimum absolute atomic E-state index is 0.245. The average molecular weight is 427 g/mol. The van der Waals surface area contributed by atoms with Crippen LogP contribution in [0.25, 0.3) is 10.9 Å². The standard InChI is InChI=1S/C23H26FN3O4/c1-30-11-12-31-10-2-3-17-15-26(14-16-4-6-18(24)7-5-16)20-13-25-22-19(21(17)20)8-9-27(29)23(22)28/h4-7,13,15,29H,2-3,8-12,14H2,1H3. The Labute approximate surface area is 180 Å². The number of fused-ring (bicyclic) bond motifs is 3. The second kappa shape index (κ2) is 9.55. The molecule has 7 nitrogen and oxygen atoms in total. The van der Waals surface area contributed by atoms with Crippen molar-refractivity contribution in [2.24, 2.45) is 0 Å². The van der Waals surface area contributed by atoms with Crippen LogP contribution < -0.4 is 0 Å². The van der Waals surface area contributed by atoms with Crippen LogP contribution in [-0.2, 0) is 28.9 Å². The zero-order valence-corrected chi connectivity index (χ0v) is 17.5. The molecule has 0 bridgehead atoms. The highest BCUT2D eigenvalue weighted by Gasteiger charge is 2.28. The molecule has 1 aliphatic heterocycles. The van der Waals surface area contributed by atoms with Gasteiger partial charge in [-0.3, -0.25) is 10.0 Å². The lowest BCUT2D eigenvalue weighted by atomic mass is 9.97. The molecule has 8 heteroatoms. The third-order valence-electron chi connectivity index (χ3n) is 5.55. The lowest BCUT2D eigenvalue weighted by Crippen LogP contribution is -2.35. The van der Waals surface area contributed by atoms with Gasteiger partial charge in [0, 0.05) is 31.8 Å². The Kier molecular flexibility index (Phi) is 6.60. The molecule has 31 heavy (non-hydrogen) atoms. The van der Waals surface area contributed by atoms with Crippen LogP contribution in [-0.4, -0.2) is 59.2 Å². The van der Waals surface area contributed by atoms with E-state index in [0.29, 0.717) is 38.5 Å². The summed E-state index contributed by atoms with van der Waals surface area (Å²) in [5.41, 5.74) is 4.20. The van der Waals surface area contributed by atoms with Gasteiger partial charge in [-0.2, -0.15) is 0 Å². The zero-order chi connectivity index (χ0) is 21.8. The van der Waals surface area contributed by atoms with Crippen molar-refractivity contribution in [3.8, 4) is 0 Å². The van der Waals surface area contributed by atoms with Gasteiger partial charge in [0.15, 0.2) is 0 Å². The number of aromatic nitrogens is 2. The molecule has 164 valence electrons. The van der Waals surface area contributed by atoms with Crippen molar-refractivity contribution in [2.75, 3.05) is 33.5 Å². The minimum atomic E-state index is -0.469. The summed E-state index contributed by atoms with van der Waals surface area (Å²) >= 11 is 0. The first-order chi connectivity index (χ1) is 15.1. The first-order valence-corrected chi connectivity index (χ1v) is 10.4. The first-order valence-electron chi connectivity index (χ1n) is 10.4. The molecular weight excluding hydrogens is 401 g/mol. The van der Waals surface area contributed by atoms with E-state index in [4.69, 9.17) is 9.47 Å². The fourth-order valence-electron chi connectivity index (χ4n) is 4.02. The number of ether oxygens (including phenoxy) is 2. The average Bonchev–Trinajstić information content (AvgIpc) is 3.12. The summed E-state index contributed by atoms with van der Waals surface area (Å²) in [4.78, 5) is 16.8. The molecule has 0 aliphatic carbocycles. The molecule has 2 aromatic heterocycles. The Morgan fingerprint density at radius 3 is 2.77 bits per heavy atom. The summed E-state index contributed by atoms with van der Waals surface area (Å²) in [6, 6.07) is 6.44. The van der Waals surface area contributed by atoms with Gasteiger partial charge >= 0.3 is 0 Å². The molecule has 0 atom stereocenters. The largest absolute Gasteiger partial charge is 0.382 e. The SMILES string of the molecule is COCCOCCCc1cn(Cc2ccc(F)cc2)c2cnc3c(c12)CCN(O)C3=O. The number of hydrogen-bond donors (Lipinski definition) is 1. The molecule has 0 radical (unpaired) electrons. The molecule has 1 aromatic carbocycles. The maximum absolute atomic E-state index is 13.3. The Morgan fingerprint density at radius 1 is 1.19 bits per heavy atom. The number of hydrogen-bond acceptors (Lipinski definition) is 5.